The molecule has 0 saturated carbocycles. The van der Waals surface area contributed by atoms with Gasteiger partial charge < -0.3 is 9.22 Å². The van der Waals surface area contributed by atoms with E-state index in [2.05, 4.69) is 35.3 Å². The van der Waals surface area contributed by atoms with E-state index in [4.69, 9.17) is 4.74 Å². The molecule has 5 rings (SSSR count). The number of thiazole rings is 1. The molecule has 45 heavy (non-hydrogen) atoms. The zero-order chi connectivity index (χ0) is 32.7. The molecule has 0 unspecified atom stereocenters. The molecule has 2 aromatic heterocycles. The summed E-state index contributed by atoms with van der Waals surface area (Å²) in [6, 6.07) is 10.7. The van der Waals surface area contributed by atoms with Gasteiger partial charge in [0.15, 0.2) is 0 Å². The summed E-state index contributed by atoms with van der Waals surface area (Å²) in [5.41, 5.74) is 0.464. The highest BCUT2D eigenvalue weighted by Gasteiger charge is 2.41. The first-order valence-electron chi connectivity index (χ1n) is 13.9. The van der Waals surface area contributed by atoms with E-state index in [9.17, 15) is 28.0 Å². The van der Waals surface area contributed by atoms with E-state index < -0.39 is 29.4 Å². The number of nitrogens with zero attached hydrogens (tertiary/aromatic N) is 6. The van der Waals surface area contributed by atoms with Crippen LogP contribution in [-0.2, 0) is 28.7 Å². The van der Waals surface area contributed by atoms with E-state index in [0.717, 1.165) is 34.1 Å². The SMILES string of the molecule is COC(=O)C1=C(C)N(c2cccc(C(F)(F)F)c2)c2n[nH]c(=O)n2[C@@H]1c1ccc(C#N)cc1CC[N+](C)(C)Cc1cnc(C)s1. The average molecular weight is 639 g/mol. The van der Waals surface area contributed by atoms with Gasteiger partial charge in [-0.25, -0.2) is 24.2 Å². The molecule has 4 aromatic rings. The number of anilines is 2. The molecule has 0 bridgehead atoms. The van der Waals surface area contributed by atoms with Crippen LogP contribution in [0.3, 0.4) is 0 Å². The minimum Gasteiger partial charge on any atom is -0.466 e. The third-order valence-corrected chi connectivity index (χ3v) is 8.68. The molecule has 0 radical (unpaired) electrons. The van der Waals surface area contributed by atoms with Gasteiger partial charge in [-0.15, -0.1) is 16.4 Å². The Morgan fingerprint density at radius 2 is 1.96 bits per heavy atom. The highest BCUT2D eigenvalue weighted by Crippen LogP contribution is 2.43. The largest absolute Gasteiger partial charge is 0.466 e. The highest BCUT2D eigenvalue weighted by atomic mass is 32.1. The van der Waals surface area contributed by atoms with Crippen LogP contribution < -0.4 is 10.6 Å². The van der Waals surface area contributed by atoms with E-state index in [-0.39, 0.29) is 22.9 Å². The Bertz CT molecular complexity index is 1900. The number of nitrogens with one attached hydrogen (secondary N) is 1. The van der Waals surface area contributed by atoms with Crippen LogP contribution in [0.1, 0.15) is 45.1 Å². The van der Waals surface area contributed by atoms with Crippen LogP contribution in [0.5, 0.6) is 0 Å². The Morgan fingerprint density at radius 1 is 1.20 bits per heavy atom. The number of H-pyrrole nitrogens is 1. The lowest BCUT2D eigenvalue weighted by Gasteiger charge is -2.36. The van der Waals surface area contributed by atoms with Gasteiger partial charge >= 0.3 is 17.8 Å². The van der Waals surface area contributed by atoms with Crippen molar-refractivity contribution in [1.82, 2.24) is 19.7 Å². The molecule has 234 valence electrons. The Kier molecular flexibility index (Phi) is 8.43. The predicted octanol–water partition coefficient (Wildman–Crippen LogP) is 5.23. The number of carbonyl (C=O) groups is 1. The molecular weight excluding hydrogens is 607 g/mol. The van der Waals surface area contributed by atoms with Gasteiger partial charge in [0, 0.05) is 24.0 Å². The number of alkyl halides is 3. The second-order valence-corrected chi connectivity index (χ2v) is 12.7. The number of hydrogen-bond acceptors (Lipinski definition) is 8. The summed E-state index contributed by atoms with van der Waals surface area (Å²) in [5, 5.41) is 17.3. The average Bonchev–Trinajstić information content (AvgIpc) is 3.58. The monoisotopic (exact) mass is 638 g/mol. The number of aromatic amines is 1. The summed E-state index contributed by atoms with van der Waals surface area (Å²) in [4.78, 5) is 33.7. The van der Waals surface area contributed by atoms with Crippen molar-refractivity contribution in [2.24, 2.45) is 0 Å². The first-order valence-corrected chi connectivity index (χ1v) is 14.8. The van der Waals surface area contributed by atoms with E-state index in [1.807, 2.05) is 13.1 Å². The quantitative estimate of drug-likeness (QED) is 0.207. The van der Waals surface area contributed by atoms with Gasteiger partial charge in [-0.3, -0.25) is 4.90 Å². The lowest BCUT2D eigenvalue weighted by atomic mass is 9.89. The summed E-state index contributed by atoms with van der Waals surface area (Å²) in [5.74, 6) is -0.762. The van der Waals surface area contributed by atoms with Crippen LogP contribution in [0.4, 0.5) is 24.8 Å². The van der Waals surface area contributed by atoms with Gasteiger partial charge in [-0.05, 0) is 55.3 Å². The van der Waals surface area contributed by atoms with Crippen LogP contribution in [0, 0.1) is 18.3 Å². The molecule has 1 N–H and O–H groups in total. The summed E-state index contributed by atoms with van der Waals surface area (Å²) in [6.07, 6.45) is -2.27. The summed E-state index contributed by atoms with van der Waals surface area (Å²) < 4.78 is 48.0. The maximum atomic E-state index is 13.7. The topological polar surface area (TPSA) is 117 Å². The number of quaternary nitrogens is 1. The number of nitriles is 1. The van der Waals surface area contributed by atoms with Gasteiger partial charge in [0.25, 0.3) is 0 Å². The fourth-order valence-electron chi connectivity index (χ4n) is 5.64. The van der Waals surface area contributed by atoms with Crippen molar-refractivity contribution in [3.05, 3.63) is 103 Å². The minimum absolute atomic E-state index is 0.00136. The number of fused-ring (bicyclic) bond motifs is 1. The zero-order valence-corrected chi connectivity index (χ0v) is 26.1. The van der Waals surface area contributed by atoms with Crippen LogP contribution in [0.25, 0.3) is 0 Å². The highest BCUT2D eigenvalue weighted by molar-refractivity contribution is 7.11. The number of ether oxygens (including phenoxy) is 1. The van der Waals surface area contributed by atoms with Gasteiger partial charge in [0.1, 0.15) is 12.6 Å². The van der Waals surface area contributed by atoms with Crippen LogP contribution in [0.15, 0.2) is 64.7 Å². The molecule has 1 aliphatic heterocycles. The van der Waals surface area contributed by atoms with Crippen LogP contribution in [-0.4, -0.2) is 58.0 Å². The number of allylic oxidation sites excluding steroid dienone is 1. The number of benzene rings is 2. The van der Waals surface area contributed by atoms with Crippen molar-refractivity contribution >= 4 is 28.9 Å². The van der Waals surface area contributed by atoms with E-state index in [0.29, 0.717) is 28.6 Å². The fraction of sp³-hybridized carbons (Fsp3) is 0.323. The summed E-state index contributed by atoms with van der Waals surface area (Å²) >= 11 is 1.63. The Hall–Kier alpha value is -4.74. The second kappa shape index (κ2) is 12.0. The standard InChI is InChI=1S/C31H30F3N7O3S/c1-18-26(28(42)44-5)27(40-29(37-38-30(40)43)39(18)23-8-6-7-22(14-23)31(32,33)34)25-10-9-20(15-35)13-21(25)11-12-41(3,4)17-24-16-36-19(2)45-24/h6-10,13-14,16,27H,11-12,17H2,1-5H3/p+1/t27-/m1/s1. The van der Waals surface area contributed by atoms with Crippen molar-refractivity contribution in [3.63, 3.8) is 0 Å². The van der Waals surface area contributed by atoms with Gasteiger partial charge in [0.05, 0.1) is 60.4 Å². The van der Waals surface area contributed by atoms with Crippen molar-refractivity contribution in [1.29, 1.82) is 5.26 Å². The maximum absolute atomic E-state index is 13.7. The minimum atomic E-state index is -4.62. The molecule has 14 heteroatoms. The number of methoxy groups -OCH3 is 1. The van der Waals surface area contributed by atoms with Crippen molar-refractivity contribution in [2.45, 2.75) is 39.0 Å². The van der Waals surface area contributed by atoms with Crippen molar-refractivity contribution in [3.8, 4) is 6.07 Å². The number of aromatic nitrogens is 4. The maximum Gasteiger partial charge on any atom is 0.416 e. The Morgan fingerprint density at radius 3 is 2.60 bits per heavy atom. The molecule has 0 spiro atoms. The third kappa shape index (κ3) is 6.27. The number of rotatable bonds is 8. The molecule has 1 aliphatic rings. The smallest absolute Gasteiger partial charge is 0.416 e. The number of hydrogen-bond donors (Lipinski definition) is 1. The number of likely N-dealkylation sites (N-methyl/N-ethyl adjacent to an activating group) is 1. The summed E-state index contributed by atoms with van der Waals surface area (Å²) in [7, 11) is 5.36. The first-order chi connectivity index (χ1) is 21.2. The van der Waals surface area contributed by atoms with Crippen LogP contribution in [0.2, 0.25) is 0 Å². The Labute approximate surface area is 261 Å². The van der Waals surface area contributed by atoms with Gasteiger partial charge in [-0.1, -0.05) is 12.1 Å². The lowest BCUT2D eigenvalue weighted by Crippen LogP contribution is -2.41. The van der Waals surface area contributed by atoms with E-state index in [1.54, 1.807) is 36.5 Å². The molecule has 0 fully saturated rings. The third-order valence-electron chi connectivity index (χ3n) is 7.79. The summed E-state index contributed by atoms with van der Waals surface area (Å²) in [6.45, 7) is 4.90. The van der Waals surface area contributed by atoms with E-state index in [1.165, 1.54) is 28.7 Å². The molecule has 1 atom stereocenters. The molecule has 0 amide bonds. The second-order valence-electron chi connectivity index (χ2n) is 11.4. The molecule has 0 saturated heterocycles. The first kappa shape index (κ1) is 31.7. The van der Waals surface area contributed by atoms with Crippen LogP contribution >= 0.6 is 11.3 Å². The number of aryl methyl sites for hydroxylation is 1. The van der Waals surface area contributed by atoms with Crippen molar-refractivity contribution < 1.29 is 27.2 Å². The number of esters is 1. The lowest BCUT2D eigenvalue weighted by molar-refractivity contribution is -0.903. The molecular formula is C31H31F3N7O3S+. The Balaban J connectivity index is 1.65. The van der Waals surface area contributed by atoms with Crippen molar-refractivity contribution in [2.75, 3.05) is 32.6 Å². The van der Waals surface area contributed by atoms with Gasteiger partial charge in [-0.2, -0.15) is 18.4 Å². The van der Waals surface area contributed by atoms with Gasteiger partial charge in [0.2, 0.25) is 5.95 Å². The molecule has 2 aromatic carbocycles. The van der Waals surface area contributed by atoms with E-state index >= 15 is 0 Å². The number of carbonyl (C=O) groups excluding carboxylic acids is 1. The molecule has 10 nitrogen and oxygen atoms in total. The molecule has 3 heterocycles. The number of halogens is 3. The normalized spacial score (nSPS) is 15.2. The molecule has 0 aliphatic carbocycles. The fourth-order valence-corrected chi connectivity index (χ4v) is 6.64. The zero-order valence-electron chi connectivity index (χ0n) is 25.3. The predicted molar refractivity (Wildman–Crippen MR) is 162 cm³/mol.